The maximum Gasteiger partial charge on any atom is 0.251 e. The van der Waals surface area contributed by atoms with E-state index in [1.165, 1.54) is 25.5 Å². The molecule has 35 heavy (non-hydrogen) atoms. The first-order chi connectivity index (χ1) is 16.9. The fourth-order valence-electron chi connectivity index (χ4n) is 3.89. The number of pyridine rings is 1. The Hall–Kier alpha value is -4.21. The topological polar surface area (TPSA) is 118 Å². The first kappa shape index (κ1) is 23.9. The van der Waals surface area contributed by atoms with Crippen LogP contribution in [0.25, 0.3) is 22.2 Å². The largest absolute Gasteiger partial charge is 0.370 e. The van der Waals surface area contributed by atoms with E-state index in [2.05, 4.69) is 54.7 Å². The monoisotopic (exact) mass is 474 g/mol. The van der Waals surface area contributed by atoms with Crippen LogP contribution < -0.4 is 16.0 Å². The highest BCUT2D eigenvalue weighted by Gasteiger charge is 2.22. The van der Waals surface area contributed by atoms with Gasteiger partial charge in [0.15, 0.2) is 0 Å². The van der Waals surface area contributed by atoms with Crippen molar-refractivity contribution in [3.63, 3.8) is 0 Å². The van der Waals surface area contributed by atoms with Gasteiger partial charge >= 0.3 is 0 Å². The zero-order valence-electron chi connectivity index (χ0n) is 20.0. The van der Waals surface area contributed by atoms with Gasteiger partial charge in [0.2, 0.25) is 5.95 Å². The van der Waals surface area contributed by atoms with Crippen LogP contribution in [0.15, 0.2) is 49.2 Å². The molecule has 4 rings (SSSR count). The predicted octanol–water partition coefficient (Wildman–Crippen LogP) is 3.87. The summed E-state index contributed by atoms with van der Waals surface area (Å²) in [7, 11) is 3.28. The van der Waals surface area contributed by atoms with E-state index in [1.807, 2.05) is 6.07 Å². The summed E-state index contributed by atoms with van der Waals surface area (Å²) < 4.78 is 14.7. The van der Waals surface area contributed by atoms with Crippen LogP contribution in [0.5, 0.6) is 0 Å². The Labute approximate surface area is 202 Å². The minimum atomic E-state index is -0.464. The van der Waals surface area contributed by atoms with Crippen molar-refractivity contribution in [3.05, 3.63) is 66.1 Å². The summed E-state index contributed by atoms with van der Waals surface area (Å²) >= 11 is 0. The van der Waals surface area contributed by atoms with Gasteiger partial charge in [0.25, 0.3) is 5.91 Å². The SMILES string of the molecule is CNC(=O)c1ccnc2c(C(C)[C@H](C)CNc3cc(-c4cnc(NC)nc4)ncn3)ccc(F)c12. The molecule has 4 aromatic rings. The molecule has 0 fully saturated rings. The molecular formula is C25H27FN8O. The lowest BCUT2D eigenvalue weighted by molar-refractivity contribution is 0.0964. The summed E-state index contributed by atoms with van der Waals surface area (Å²) in [5.41, 5.74) is 3.15. The van der Waals surface area contributed by atoms with Crippen LogP contribution in [-0.2, 0) is 0 Å². The van der Waals surface area contributed by atoms with E-state index in [9.17, 15) is 9.18 Å². The molecule has 1 unspecified atom stereocenters. The van der Waals surface area contributed by atoms with Crippen LogP contribution >= 0.6 is 0 Å². The van der Waals surface area contributed by atoms with Gasteiger partial charge < -0.3 is 16.0 Å². The van der Waals surface area contributed by atoms with Crippen molar-refractivity contribution in [3.8, 4) is 11.3 Å². The molecule has 1 aromatic carbocycles. The average molecular weight is 475 g/mol. The van der Waals surface area contributed by atoms with Crippen molar-refractivity contribution in [1.82, 2.24) is 30.2 Å². The van der Waals surface area contributed by atoms with Gasteiger partial charge in [-0.15, -0.1) is 0 Å². The van der Waals surface area contributed by atoms with Gasteiger partial charge in [-0.05, 0) is 29.5 Å². The fourth-order valence-corrected chi connectivity index (χ4v) is 3.89. The van der Waals surface area contributed by atoms with Crippen molar-refractivity contribution < 1.29 is 9.18 Å². The third kappa shape index (κ3) is 5.01. The molecule has 0 aliphatic carbocycles. The Kier molecular flexibility index (Phi) is 7.09. The number of aromatic nitrogens is 5. The van der Waals surface area contributed by atoms with Crippen molar-refractivity contribution in [2.24, 2.45) is 5.92 Å². The van der Waals surface area contributed by atoms with Gasteiger partial charge in [0.05, 0.1) is 16.8 Å². The molecular weight excluding hydrogens is 447 g/mol. The molecule has 0 bridgehead atoms. The number of carbonyl (C=O) groups excluding carboxylic acids is 1. The molecule has 180 valence electrons. The molecule has 1 amide bonds. The number of hydrogen-bond acceptors (Lipinski definition) is 8. The molecule has 3 heterocycles. The normalized spacial score (nSPS) is 12.7. The van der Waals surface area contributed by atoms with E-state index in [4.69, 9.17) is 0 Å². The number of rotatable bonds is 8. The second kappa shape index (κ2) is 10.4. The lowest BCUT2D eigenvalue weighted by Gasteiger charge is -2.22. The second-order valence-corrected chi connectivity index (χ2v) is 8.28. The molecule has 0 aliphatic heterocycles. The highest BCUT2D eigenvalue weighted by atomic mass is 19.1. The summed E-state index contributed by atoms with van der Waals surface area (Å²) in [5.74, 6) is 0.577. The fraction of sp³-hybridized carbons (Fsp3) is 0.280. The molecule has 0 saturated carbocycles. The van der Waals surface area contributed by atoms with Gasteiger partial charge in [-0.1, -0.05) is 19.9 Å². The van der Waals surface area contributed by atoms with Gasteiger partial charge in [-0.25, -0.2) is 24.3 Å². The number of amides is 1. The number of halogens is 1. The van der Waals surface area contributed by atoms with Crippen molar-refractivity contribution in [1.29, 1.82) is 0 Å². The molecule has 3 N–H and O–H groups in total. The molecule has 0 aliphatic rings. The van der Waals surface area contributed by atoms with Crippen LogP contribution in [0.3, 0.4) is 0 Å². The zero-order valence-corrected chi connectivity index (χ0v) is 20.0. The molecule has 0 radical (unpaired) electrons. The highest BCUT2D eigenvalue weighted by Crippen LogP contribution is 2.32. The maximum absolute atomic E-state index is 14.7. The summed E-state index contributed by atoms with van der Waals surface area (Å²) in [6.45, 7) is 4.78. The van der Waals surface area contributed by atoms with Crippen molar-refractivity contribution in [2.45, 2.75) is 19.8 Å². The summed E-state index contributed by atoms with van der Waals surface area (Å²) in [5, 5.41) is 9.06. The number of nitrogens with zero attached hydrogens (tertiary/aromatic N) is 5. The lowest BCUT2D eigenvalue weighted by atomic mass is 9.86. The van der Waals surface area contributed by atoms with Crippen molar-refractivity contribution >= 4 is 28.6 Å². The van der Waals surface area contributed by atoms with E-state index in [0.717, 1.165) is 11.1 Å². The summed E-state index contributed by atoms with van der Waals surface area (Å²) in [6, 6.07) is 6.53. The number of anilines is 2. The van der Waals surface area contributed by atoms with Crippen LogP contribution in [0.4, 0.5) is 16.2 Å². The molecule has 2 atom stereocenters. The van der Waals surface area contributed by atoms with E-state index in [1.54, 1.807) is 31.7 Å². The minimum absolute atomic E-state index is 0.0295. The Morgan fingerprint density at radius 1 is 1.03 bits per heavy atom. The number of carbonyl (C=O) groups is 1. The lowest BCUT2D eigenvalue weighted by Crippen LogP contribution is -2.20. The maximum atomic E-state index is 14.7. The van der Waals surface area contributed by atoms with Crippen LogP contribution in [0.1, 0.15) is 35.7 Å². The quantitative estimate of drug-likeness (QED) is 0.352. The van der Waals surface area contributed by atoms with Gasteiger partial charge in [0.1, 0.15) is 18.0 Å². The second-order valence-electron chi connectivity index (χ2n) is 8.28. The molecule has 0 saturated heterocycles. The van der Waals surface area contributed by atoms with Crippen LogP contribution in [0.2, 0.25) is 0 Å². The summed E-state index contributed by atoms with van der Waals surface area (Å²) in [6.07, 6.45) is 6.45. The standard InChI is InChI=1S/C25H27FN8O/c1-14(10-30-21-9-20(33-13-34-21)16-11-31-25(28-4)32-12-16)15(2)17-5-6-19(26)22-18(24(35)27-3)7-8-29-23(17)22/h5-9,11-15H,10H2,1-4H3,(H,27,35)(H,28,31,32)(H,30,33,34)/t14-,15?/m1/s1. The van der Waals surface area contributed by atoms with Gasteiger partial charge in [-0.3, -0.25) is 9.78 Å². The number of hydrogen-bond donors (Lipinski definition) is 3. The third-order valence-electron chi connectivity index (χ3n) is 6.13. The van der Waals surface area contributed by atoms with Crippen LogP contribution in [0, 0.1) is 11.7 Å². The molecule has 3 aromatic heterocycles. The smallest absolute Gasteiger partial charge is 0.251 e. The van der Waals surface area contributed by atoms with Gasteiger partial charge in [-0.2, -0.15) is 0 Å². The number of benzene rings is 1. The molecule has 9 nitrogen and oxygen atoms in total. The third-order valence-corrected chi connectivity index (χ3v) is 6.13. The Balaban J connectivity index is 1.53. The van der Waals surface area contributed by atoms with Crippen molar-refractivity contribution in [2.75, 3.05) is 31.3 Å². The molecule has 0 spiro atoms. The first-order valence-corrected chi connectivity index (χ1v) is 11.3. The number of nitrogens with one attached hydrogen (secondary N) is 3. The zero-order chi connectivity index (χ0) is 24.9. The van der Waals surface area contributed by atoms with Crippen LogP contribution in [-0.4, -0.2) is 51.5 Å². The van der Waals surface area contributed by atoms with E-state index < -0.39 is 5.82 Å². The van der Waals surface area contributed by atoms with E-state index >= 15 is 0 Å². The Morgan fingerprint density at radius 3 is 2.51 bits per heavy atom. The Bertz CT molecular complexity index is 1350. The highest BCUT2D eigenvalue weighted by molar-refractivity contribution is 6.06. The van der Waals surface area contributed by atoms with E-state index in [0.29, 0.717) is 29.5 Å². The van der Waals surface area contributed by atoms with Gasteiger partial charge in [0, 0.05) is 56.2 Å². The summed E-state index contributed by atoms with van der Waals surface area (Å²) in [4.78, 5) is 33.8. The van der Waals surface area contributed by atoms with E-state index in [-0.39, 0.29) is 28.7 Å². The number of fused-ring (bicyclic) bond motifs is 1. The minimum Gasteiger partial charge on any atom is -0.370 e. The predicted molar refractivity (Wildman–Crippen MR) is 134 cm³/mol. The average Bonchev–Trinajstić information content (AvgIpc) is 2.91. The Morgan fingerprint density at radius 2 is 1.80 bits per heavy atom. The molecule has 10 heteroatoms. The first-order valence-electron chi connectivity index (χ1n) is 11.3.